The fourth-order valence-corrected chi connectivity index (χ4v) is 3.63. The van der Waals surface area contributed by atoms with E-state index >= 15 is 0 Å². The van der Waals surface area contributed by atoms with Gasteiger partial charge in [0.2, 0.25) is 5.91 Å². The van der Waals surface area contributed by atoms with Gasteiger partial charge in [-0.1, -0.05) is 12.1 Å². The Morgan fingerprint density at radius 2 is 1.84 bits per heavy atom. The van der Waals surface area contributed by atoms with E-state index in [1.807, 2.05) is 0 Å². The Hall–Kier alpha value is -1.99. The smallest absolute Gasteiger partial charge is 0.326 e. The Kier molecular flexibility index (Phi) is 5.65. The van der Waals surface area contributed by atoms with Crippen LogP contribution in [0.15, 0.2) is 24.3 Å². The van der Waals surface area contributed by atoms with Crippen molar-refractivity contribution in [2.75, 3.05) is 32.8 Å². The Morgan fingerprint density at radius 1 is 1.16 bits per heavy atom. The van der Waals surface area contributed by atoms with Crippen LogP contribution in [0.4, 0.5) is 4.39 Å². The average Bonchev–Trinajstić information content (AvgIpc) is 2.63. The van der Waals surface area contributed by atoms with Crippen LogP contribution in [0.5, 0.6) is 0 Å². The highest BCUT2D eigenvalue weighted by atomic mass is 19.1. The molecule has 2 atom stereocenters. The number of halogens is 1. The number of aliphatic carboxylic acids is 1. The summed E-state index contributed by atoms with van der Waals surface area (Å²) in [6, 6.07) is 5.09. The molecule has 0 saturated carbocycles. The van der Waals surface area contributed by atoms with Crippen LogP contribution in [0.25, 0.3) is 0 Å². The Bertz CT molecular complexity index is 616. The molecule has 2 saturated heterocycles. The van der Waals surface area contributed by atoms with E-state index in [0.717, 1.165) is 19.5 Å². The number of carboxylic acids is 1. The molecule has 2 aliphatic heterocycles. The van der Waals surface area contributed by atoms with E-state index in [9.17, 15) is 19.1 Å². The molecule has 3 rings (SSSR count). The van der Waals surface area contributed by atoms with Crippen molar-refractivity contribution in [3.8, 4) is 0 Å². The Balaban J connectivity index is 1.65. The van der Waals surface area contributed by atoms with Crippen LogP contribution in [0.3, 0.4) is 0 Å². The molecule has 1 amide bonds. The van der Waals surface area contributed by atoms with E-state index in [1.54, 1.807) is 12.1 Å². The van der Waals surface area contributed by atoms with E-state index in [2.05, 4.69) is 4.90 Å². The van der Waals surface area contributed by atoms with Gasteiger partial charge in [0.05, 0.1) is 19.6 Å². The molecule has 0 aromatic heterocycles. The number of hydrogen-bond acceptors (Lipinski definition) is 4. The van der Waals surface area contributed by atoms with E-state index in [0.29, 0.717) is 31.7 Å². The Labute approximate surface area is 146 Å². The van der Waals surface area contributed by atoms with Gasteiger partial charge in [-0.25, -0.2) is 9.18 Å². The first-order chi connectivity index (χ1) is 12.0. The average molecular weight is 350 g/mol. The number of rotatable bonds is 4. The van der Waals surface area contributed by atoms with Crippen molar-refractivity contribution in [1.82, 2.24) is 9.80 Å². The van der Waals surface area contributed by atoms with Crippen LogP contribution in [0, 0.1) is 5.82 Å². The molecule has 0 radical (unpaired) electrons. The third-order valence-electron chi connectivity index (χ3n) is 5.01. The number of amides is 1. The molecular formula is C18H23FN2O4. The molecule has 2 aliphatic rings. The maximum atomic E-state index is 13.0. The van der Waals surface area contributed by atoms with Crippen LogP contribution >= 0.6 is 0 Å². The number of benzene rings is 1. The first kappa shape index (κ1) is 17.8. The highest BCUT2D eigenvalue weighted by molar-refractivity contribution is 5.85. The maximum absolute atomic E-state index is 13.0. The minimum atomic E-state index is -0.967. The SMILES string of the molecule is O=C(O)[C@H]1C[C@@H](N2CCOCC2)CCN1C(=O)Cc1ccc(F)cc1. The van der Waals surface area contributed by atoms with Gasteiger partial charge >= 0.3 is 5.97 Å². The molecule has 1 aromatic rings. The number of carboxylic acid groups (broad SMARTS) is 1. The molecule has 0 unspecified atom stereocenters. The molecule has 0 aliphatic carbocycles. The molecule has 1 aromatic carbocycles. The van der Waals surface area contributed by atoms with E-state index in [4.69, 9.17) is 4.74 Å². The second kappa shape index (κ2) is 7.93. The van der Waals surface area contributed by atoms with Crippen LogP contribution in [-0.2, 0) is 20.7 Å². The van der Waals surface area contributed by atoms with Crippen LogP contribution in [0.1, 0.15) is 18.4 Å². The fraction of sp³-hybridized carbons (Fsp3) is 0.556. The van der Waals surface area contributed by atoms with Crippen molar-refractivity contribution in [1.29, 1.82) is 0 Å². The van der Waals surface area contributed by atoms with Gasteiger partial charge in [-0.05, 0) is 30.5 Å². The predicted octanol–water partition coefficient (Wildman–Crippen LogP) is 1.14. The molecule has 25 heavy (non-hydrogen) atoms. The van der Waals surface area contributed by atoms with Crippen LogP contribution < -0.4 is 0 Å². The monoisotopic (exact) mass is 350 g/mol. The van der Waals surface area contributed by atoms with Gasteiger partial charge in [0.15, 0.2) is 0 Å². The van der Waals surface area contributed by atoms with Crippen LogP contribution in [0.2, 0.25) is 0 Å². The van der Waals surface area contributed by atoms with Crippen molar-refractivity contribution in [3.63, 3.8) is 0 Å². The number of morpholine rings is 1. The molecule has 6 nitrogen and oxygen atoms in total. The van der Waals surface area contributed by atoms with Crippen molar-refractivity contribution in [3.05, 3.63) is 35.6 Å². The second-order valence-electron chi connectivity index (χ2n) is 6.57. The number of hydrogen-bond donors (Lipinski definition) is 1. The van der Waals surface area contributed by atoms with Crippen LogP contribution in [-0.4, -0.2) is 71.7 Å². The summed E-state index contributed by atoms with van der Waals surface area (Å²) in [6.45, 7) is 3.38. The summed E-state index contributed by atoms with van der Waals surface area (Å²) >= 11 is 0. The lowest BCUT2D eigenvalue weighted by Crippen LogP contribution is -2.56. The van der Waals surface area contributed by atoms with Gasteiger partial charge in [0.1, 0.15) is 11.9 Å². The first-order valence-corrected chi connectivity index (χ1v) is 8.63. The molecule has 2 heterocycles. The number of carbonyl (C=O) groups excluding carboxylic acids is 1. The topological polar surface area (TPSA) is 70.1 Å². The highest BCUT2D eigenvalue weighted by Gasteiger charge is 2.38. The lowest BCUT2D eigenvalue weighted by Gasteiger charge is -2.43. The molecular weight excluding hydrogens is 327 g/mol. The van der Waals surface area contributed by atoms with Gasteiger partial charge in [0.25, 0.3) is 0 Å². The highest BCUT2D eigenvalue weighted by Crippen LogP contribution is 2.24. The fourth-order valence-electron chi connectivity index (χ4n) is 3.63. The lowest BCUT2D eigenvalue weighted by atomic mass is 9.94. The number of likely N-dealkylation sites (tertiary alicyclic amines) is 1. The second-order valence-corrected chi connectivity index (χ2v) is 6.57. The molecule has 0 spiro atoms. The molecule has 2 fully saturated rings. The minimum Gasteiger partial charge on any atom is -0.480 e. The minimum absolute atomic E-state index is 0.0896. The zero-order valence-corrected chi connectivity index (χ0v) is 14.1. The summed E-state index contributed by atoms with van der Waals surface area (Å²) in [5, 5.41) is 9.59. The quantitative estimate of drug-likeness (QED) is 0.882. The number of piperidine rings is 1. The summed E-state index contributed by atoms with van der Waals surface area (Å²) in [4.78, 5) is 28.0. The van der Waals surface area contributed by atoms with Gasteiger partial charge in [-0.15, -0.1) is 0 Å². The number of nitrogens with zero attached hydrogens (tertiary/aromatic N) is 2. The van der Waals surface area contributed by atoms with E-state index < -0.39 is 12.0 Å². The standard InChI is InChI=1S/C18H23FN2O4/c19-14-3-1-13(2-4-14)11-17(22)21-6-5-15(12-16(21)18(23)24)20-7-9-25-10-8-20/h1-4,15-16H,5-12H2,(H,23,24)/t15-,16+/m0/s1. The van der Waals surface area contributed by atoms with Crippen molar-refractivity contribution >= 4 is 11.9 Å². The number of ether oxygens (including phenoxy) is 1. The van der Waals surface area contributed by atoms with Gasteiger partial charge in [0, 0.05) is 25.7 Å². The molecule has 0 bridgehead atoms. The maximum Gasteiger partial charge on any atom is 0.326 e. The normalized spacial score (nSPS) is 24.9. The van der Waals surface area contributed by atoms with E-state index in [-0.39, 0.29) is 24.2 Å². The van der Waals surface area contributed by atoms with Gasteiger partial charge in [-0.3, -0.25) is 9.69 Å². The van der Waals surface area contributed by atoms with Crippen molar-refractivity contribution in [2.24, 2.45) is 0 Å². The lowest BCUT2D eigenvalue weighted by molar-refractivity contribution is -0.153. The largest absolute Gasteiger partial charge is 0.480 e. The van der Waals surface area contributed by atoms with E-state index in [1.165, 1.54) is 17.0 Å². The summed E-state index contributed by atoms with van der Waals surface area (Å²) < 4.78 is 18.3. The Morgan fingerprint density at radius 3 is 2.48 bits per heavy atom. The summed E-state index contributed by atoms with van der Waals surface area (Å²) in [6.07, 6.45) is 1.29. The molecule has 136 valence electrons. The summed E-state index contributed by atoms with van der Waals surface area (Å²) in [7, 11) is 0. The van der Waals surface area contributed by atoms with Crippen molar-refractivity contribution in [2.45, 2.75) is 31.3 Å². The summed E-state index contributed by atoms with van der Waals surface area (Å²) in [5.74, 6) is -1.55. The molecule has 1 N–H and O–H groups in total. The van der Waals surface area contributed by atoms with Gasteiger partial charge in [-0.2, -0.15) is 0 Å². The predicted molar refractivity (Wildman–Crippen MR) is 88.7 cm³/mol. The zero-order chi connectivity index (χ0) is 17.8. The third kappa shape index (κ3) is 4.35. The third-order valence-corrected chi connectivity index (χ3v) is 5.01. The van der Waals surface area contributed by atoms with Gasteiger partial charge < -0.3 is 14.7 Å². The molecule has 7 heteroatoms. The first-order valence-electron chi connectivity index (χ1n) is 8.63. The number of carbonyl (C=O) groups is 2. The zero-order valence-electron chi connectivity index (χ0n) is 14.1. The van der Waals surface area contributed by atoms with Crippen molar-refractivity contribution < 1.29 is 23.8 Å². The summed E-state index contributed by atoms with van der Waals surface area (Å²) in [5.41, 5.74) is 0.686.